The van der Waals surface area contributed by atoms with Crippen molar-refractivity contribution in [2.24, 2.45) is 11.8 Å². The number of hydrogen-bond acceptors (Lipinski definition) is 4. The van der Waals surface area contributed by atoms with E-state index in [4.69, 9.17) is 17.4 Å². The van der Waals surface area contributed by atoms with Crippen LogP contribution >= 0.6 is 11.6 Å². The number of rotatable bonds is 4. The van der Waals surface area contributed by atoms with Crippen LogP contribution in [0.15, 0.2) is 24.3 Å². The predicted molar refractivity (Wildman–Crippen MR) is 73.0 cm³/mol. The topological polar surface area (TPSA) is 72.2 Å². The van der Waals surface area contributed by atoms with E-state index in [9.17, 15) is 8.42 Å². The van der Waals surface area contributed by atoms with Gasteiger partial charge in [0.15, 0.2) is 9.84 Å². The molecule has 0 amide bonds. The van der Waals surface area contributed by atoms with Crippen LogP contribution in [0.3, 0.4) is 0 Å². The summed E-state index contributed by atoms with van der Waals surface area (Å²) in [5, 5.41) is 0.693. The summed E-state index contributed by atoms with van der Waals surface area (Å²) in [6.45, 7) is 0. The van der Waals surface area contributed by atoms with Crippen molar-refractivity contribution in [3.63, 3.8) is 0 Å². The van der Waals surface area contributed by atoms with Crippen molar-refractivity contribution in [2.45, 2.75) is 18.9 Å². The Kier molecular flexibility index (Phi) is 4.27. The number of nitrogens with two attached hydrogens (primary N) is 1. The summed E-state index contributed by atoms with van der Waals surface area (Å²) in [7, 11) is -2.88. The minimum absolute atomic E-state index is 0.0535. The van der Waals surface area contributed by atoms with Crippen LogP contribution in [-0.2, 0) is 16.3 Å². The van der Waals surface area contributed by atoms with Crippen molar-refractivity contribution in [3.8, 4) is 0 Å². The van der Waals surface area contributed by atoms with Crippen molar-refractivity contribution >= 4 is 21.4 Å². The number of nitrogens with one attached hydrogen (secondary N) is 1. The molecule has 1 fully saturated rings. The van der Waals surface area contributed by atoms with Gasteiger partial charge in [0.2, 0.25) is 0 Å². The fraction of sp³-hybridized carbons (Fsp3) is 0.500. The Labute approximate surface area is 112 Å². The highest BCUT2D eigenvalue weighted by atomic mass is 35.5. The molecular weight excluding hydrogens is 272 g/mol. The maximum Gasteiger partial charge on any atom is 0.150 e. The zero-order valence-electron chi connectivity index (χ0n) is 9.97. The van der Waals surface area contributed by atoms with Gasteiger partial charge >= 0.3 is 0 Å². The van der Waals surface area contributed by atoms with Crippen LogP contribution in [0, 0.1) is 5.92 Å². The molecule has 1 saturated heterocycles. The van der Waals surface area contributed by atoms with E-state index in [0.29, 0.717) is 17.9 Å². The van der Waals surface area contributed by atoms with Gasteiger partial charge in [-0.3, -0.25) is 11.3 Å². The number of halogens is 1. The summed E-state index contributed by atoms with van der Waals surface area (Å²) in [6, 6.07) is 7.50. The van der Waals surface area contributed by atoms with Crippen LogP contribution in [0.5, 0.6) is 0 Å². The fourth-order valence-electron chi connectivity index (χ4n) is 2.40. The van der Waals surface area contributed by atoms with Gasteiger partial charge < -0.3 is 0 Å². The van der Waals surface area contributed by atoms with Gasteiger partial charge in [-0.2, -0.15) is 0 Å². The molecule has 1 aromatic rings. The molecule has 2 atom stereocenters. The van der Waals surface area contributed by atoms with Crippen LogP contribution < -0.4 is 11.3 Å². The number of sulfone groups is 1. The largest absolute Gasteiger partial charge is 0.271 e. The molecule has 18 heavy (non-hydrogen) atoms. The maximum absolute atomic E-state index is 11.5. The van der Waals surface area contributed by atoms with Crippen molar-refractivity contribution in [3.05, 3.63) is 34.9 Å². The van der Waals surface area contributed by atoms with Gasteiger partial charge in [-0.05, 0) is 30.4 Å². The van der Waals surface area contributed by atoms with Crippen LogP contribution in [0.25, 0.3) is 0 Å². The SMILES string of the molecule is NNC(Cc1ccccc1Cl)C1CCS(=O)(=O)C1. The molecule has 100 valence electrons. The molecule has 1 aromatic carbocycles. The lowest BCUT2D eigenvalue weighted by Gasteiger charge is -2.22. The zero-order valence-corrected chi connectivity index (χ0v) is 11.5. The average Bonchev–Trinajstić information content (AvgIpc) is 2.68. The first kappa shape index (κ1) is 13.8. The summed E-state index contributed by atoms with van der Waals surface area (Å²) in [6.07, 6.45) is 1.32. The Morgan fingerprint density at radius 2 is 2.17 bits per heavy atom. The molecule has 0 saturated carbocycles. The summed E-state index contributed by atoms with van der Waals surface area (Å²) in [5.74, 6) is 6.09. The first-order valence-corrected chi connectivity index (χ1v) is 8.12. The minimum atomic E-state index is -2.88. The van der Waals surface area contributed by atoms with E-state index in [1.165, 1.54) is 0 Å². The molecular formula is C12H17ClN2O2S. The molecule has 1 heterocycles. The highest BCUT2D eigenvalue weighted by molar-refractivity contribution is 7.91. The van der Waals surface area contributed by atoms with E-state index in [-0.39, 0.29) is 23.5 Å². The molecule has 0 aliphatic carbocycles. The monoisotopic (exact) mass is 288 g/mol. The van der Waals surface area contributed by atoms with Crippen molar-refractivity contribution in [2.75, 3.05) is 11.5 Å². The van der Waals surface area contributed by atoms with E-state index < -0.39 is 9.84 Å². The Hall–Kier alpha value is -0.620. The Morgan fingerprint density at radius 3 is 2.72 bits per heavy atom. The van der Waals surface area contributed by atoms with E-state index >= 15 is 0 Å². The van der Waals surface area contributed by atoms with Gasteiger partial charge in [-0.25, -0.2) is 8.42 Å². The van der Waals surface area contributed by atoms with Gasteiger partial charge in [0.25, 0.3) is 0 Å². The highest BCUT2D eigenvalue weighted by Crippen LogP contribution is 2.25. The minimum Gasteiger partial charge on any atom is -0.271 e. The van der Waals surface area contributed by atoms with Crippen molar-refractivity contribution < 1.29 is 8.42 Å². The second-order valence-corrected chi connectivity index (χ2v) is 7.37. The lowest BCUT2D eigenvalue weighted by Crippen LogP contribution is -2.43. The molecule has 0 bridgehead atoms. The van der Waals surface area contributed by atoms with Gasteiger partial charge in [0, 0.05) is 11.1 Å². The maximum atomic E-state index is 11.5. The number of hydrazine groups is 1. The smallest absolute Gasteiger partial charge is 0.150 e. The van der Waals surface area contributed by atoms with Gasteiger partial charge in [-0.1, -0.05) is 29.8 Å². The van der Waals surface area contributed by atoms with E-state index in [0.717, 1.165) is 5.56 Å². The summed E-state index contributed by atoms with van der Waals surface area (Å²) in [5.41, 5.74) is 3.73. The molecule has 6 heteroatoms. The lowest BCUT2D eigenvalue weighted by molar-refractivity contribution is 0.385. The van der Waals surface area contributed by atoms with Gasteiger partial charge in [-0.15, -0.1) is 0 Å². The highest BCUT2D eigenvalue weighted by Gasteiger charge is 2.33. The van der Waals surface area contributed by atoms with E-state index in [1.807, 2.05) is 24.3 Å². The summed E-state index contributed by atoms with van der Waals surface area (Å²) < 4.78 is 23.0. The van der Waals surface area contributed by atoms with Crippen molar-refractivity contribution in [1.29, 1.82) is 0 Å². The molecule has 3 N–H and O–H groups in total. The molecule has 0 aromatic heterocycles. The first-order chi connectivity index (χ1) is 8.52. The molecule has 4 nitrogen and oxygen atoms in total. The average molecular weight is 289 g/mol. The van der Waals surface area contributed by atoms with Gasteiger partial charge in [0.1, 0.15) is 0 Å². The van der Waals surface area contributed by atoms with Crippen LogP contribution in [0.2, 0.25) is 5.02 Å². The molecule has 1 aliphatic rings. The van der Waals surface area contributed by atoms with Crippen LogP contribution in [0.4, 0.5) is 0 Å². The Bertz CT molecular complexity index is 519. The zero-order chi connectivity index (χ0) is 13.2. The van der Waals surface area contributed by atoms with E-state index in [1.54, 1.807) is 0 Å². The summed E-state index contributed by atoms with van der Waals surface area (Å²) >= 11 is 6.10. The number of benzene rings is 1. The predicted octanol–water partition coefficient (Wildman–Crippen LogP) is 1.15. The van der Waals surface area contributed by atoms with Crippen LogP contribution in [-0.4, -0.2) is 26.0 Å². The third-order valence-corrected chi connectivity index (χ3v) is 5.61. The first-order valence-electron chi connectivity index (χ1n) is 5.92. The second-order valence-electron chi connectivity index (χ2n) is 4.73. The fourth-order valence-corrected chi connectivity index (χ4v) is 4.50. The quantitative estimate of drug-likeness (QED) is 0.644. The van der Waals surface area contributed by atoms with E-state index in [2.05, 4.69) is 5.43 Å². The molecule has 1 aliphatic heterocycles. The standard InChI is InChI=1S/C12H17ClN2O2S/c13-11-4-2-1-3-9(11)7-12(15-14)10-5-6-18(16,17)8-10/h1-4,10,12,15H,5-8,14H2. The normalized spacial score (nSPS) is 24.0. The third-order valence-electron chi connectivity index (χ3n) is 3.45. The molecule has 2 unspecified atom stereocenters. The Morgan fingerprint density at radius 1 is 1.44 bits per heavy atom. The molecule has 0 radical (unpaired) electrons. The Balaban J connectivity index is 2.09. The lowest BCUT2D eigenvalue weighted by atomic mass is 9.93. The molecule has 0 spiro atoms. The summed E-state index contributed by atoms with van der Waals surface area (Å²) in [4.78, 5) is 0. The number of hydrogen-bond donors (Lipinski definition) is 2. The van der Waals surface area contributed by atoms with Crippen molar-refractivity contribution in [1.82, 2.24) is 5.43 Å². The molecule has 2 rings (SSSR count). The third kappa shape index (κ3) is 3.23. The van der Waals surface area contributed by atoms with Crippen LogP contribution in [0.1, 0.15) is 12.0 Å². The van der Waals surface area contributed by atoms with Gasteiger partial charge in [0.05, 0.1) is 11.5 Å². The second kappa shape index (κ2) is 5.57.